The molecule has 1 fully saturated rings. The van der Waals surface area contributed by atoms with Crippen LogP contribution in [-0.2, 0) is 28.7 Å². The molecule has 1 aromatic carbocycles. The Hall–Kier alpha value is -1.81. The molecule has 0 saturated carbocycles. The molecular formula is C21H22Cl3NO7S. The van der Waals surface area contributed by atoms with Crippen molar-refractivity contribution in [3.05, 3.63) is 30.3 Å². The van der Waals surface area contributed by atoms with E-state index in [9.17, 15) is 24.0 Å². The van der Waals surface area contributed by atoms with Crippen LogP contribution < -0.4 is 4.74 Å². The Balaban J connectivity index is 2.11. The van der Waals surface area contributed by atoms with Crippen LogP contribution in [-0.4, -0.2) is 56.0 Å². The van der Waals surface area contributed by atoms with E-state index in [2.05, 4.69) is 4.74 Å². The number of alkyl halides is 3. The first-order valence-corrected chi connectivity index (χ1v) is 11.7. The van der Waals surface area contributed by atoms with E-state index in [0.717, 1.165) is 0 Å². The lowest BCUT2D eigenvalue weighted by atomic mass is 9.82. The van der Waals surface area contributed by atoms with Crippen LogP contribution in [0.25, 0.3) is 0 Å². The summed E-state index contributed by atoms with van der Waals surface area (Å²) in [5, 5.41) is -1.58. The number of halogens is 3. The molecule has 0 radical (unpaired) electrons. The fourth-order valence-corrected chi connectivity index (χ4v) is 3.95. The molecule has 1 saturated heterocycles. The highest BCUT2D eigenvalue weighted by molar-refractivity contribution is 8.14. The summed E-state index contributed by atoms with van der Waals surface area (Å²) in [6, 6.07) is 8.56. The number of hydrogen-bond acceptors (Lipinski definition) is 8. The molecule has 180 valence electrons. The van der Waals surface area contributed by atoms with Crippen molar-refractivity contribution in [3.63, 3.8) is 0 Å². The summed E-state index contributed by atoms with van der Waals surface area (Å²) in [7, 11) is 0. The lowest BCUT2D eigenvalue weighted by Crippen LogP contribution is -2.64. The molecule has 0 aromatic heterocycles. The van der Waals surface area contributed by atoms with Gasteiger partial charge in [-0.2, -0.15) is 0 Å². The van der Waals surface area contributed by atoms with Gasteiger partial charge in [0.15, 0.2) is 6.61 Å². The van der Waals surface area contributed by atoms with Gasteiger partial charge in [-0.25, -0.2) is 4.79 Å². The van der Waals surface area contributed by atoms with Gasteiger partial charge in [0, 0.05) is 11.8 Å². The Morgan fingerprint density at radius 3 is 2.21 bits per heavy atom. The lowest BCUT2D eigenvalue weighted by molar-refractivity contribution is -0.172. The molecular weight excluding hydrogens is 517 g/mol. The zero-order valence-corrected chi connectivity index (χ0v) is 21.1. The number of rotatable bonds is 7. The second kappa shape index (κ2) is 11.1. The van der Waals surface area contributed by atoms with Crippen LogP contribution in [0, 0.1) is 11.3 Å². The number of para-hydroxylation sites is 1. The molecule has 1 aliphatic rings. The summed E-state index contributed by atoms with van der Waals surface area (Å²) in [6.07, 6.45) is -0.195. The quantitative estimate of drug-likeness (QED) is 0.224. The van der Waals surface area contributed by atoms with Crippen molar-refractivity contribution >= 4 is 75.2 Å². The van der Waals surface area contributed by atoms with Crippen LogP contribution in [0.3, 0.4) is 0 Å². The Labute approximate surface area is 210 Å². The Morgan fingerprint density at radius 2 is 1.67 bits per heavy atom. The van der Waals surface area contributed by atoms with Gasteiger partial charge in [0.25, 0.3) is 0 Å². The maximum atomic E-state index is 12.7. The number of ether oxygens (including phenoxy) is 2. The maximum absolute atomic E-state index is 12.7. The average molecular weight is 539 g/mol. The fourth-order valence-electron chi connectivity index (χ4n) is 2.70. The summed E-state index contributed by atoms with van der Waals surface area (Å²) in [4.78, 5) is 62.8. The second-order valence-corrected chi connectivity index (χ2v) is 11.9. The van der Waals surface area contributed by atoms with Gasteiger partial charge in [-0.3, -0.25) is 24.1 Å². The van der Waals surface area contributed by atoms with Gasteiger partial charge in [0.05, 0.1) is 5.92 Å². The van der Waals surface area contributed by atoms with Crippen LogP contribution in [0.4, 0.5) is 0 Å². The fraction of sp³-hybridized carbons (Fsp3) is 0.476. The highest BCUT2D eigenvalue weighted by Gasteiger charge is 2.55. The number of thioether (sulfide) groups is 1. The number of Topliss-reactive ketones (excluding diaryl/α,β-unsaturated/α-hetero) is 1. The molecule has 1 heterocycles. The molecule has 0 bridgehead atoms. The average Bonchev–Trinajstić information content (AvgIpc) is 2.73. The minimum absolute atomic E-state index is 0.195. The second-order valence-electron chi connectivity index (χ2n) is 8.17. The van der Waals surface area contributed by atoms with E-state index >= 15 is 0 Å². The summed E-state index contributed by atoms with van der Waals surface area (Å²) in [5.74, 6) is -4.24. The van der Waals surface area contributed by atoms with Gasteiger partial charge in [-0.1, -0.05) is 85.5 Å². The summed E-state index contributed by atoms with van der Waals surface area (Å²) in [5.41, 5.74) is -0.732. The standard InChI is InChI=1S/C21H22Cl3NO7S/c1-20(2,3)14(26)9-13-16(28)25(17(29)19(30)32-11-21(22,23)24)18(13)33-15(27)10-31-12-7-5-4-6-8-12/h4-8,13,18H,9-11H2,1-3H3/t13-,18-/m1/s1. The topological polar surface area (TPSA) is 107 Å². The SMILES string of the molecule is CC(C)(C)C(=O)C[C@@H]1C(=O)N(C(=O)C(=O)OCC(Cl)(Cl)Cl)[C@@H]1SC(=O)COc1ccccc1. The first-order valence-electron chi connectivity index (χ1n) is 9.72. The lowest BCUT2D eigenvalue weighted by Gasteiger charge is -2.44. The summed E-state index contributed by atoms with van der Waals surface area (Å²) < 4.78 is 8.08. The number of nitrogens with zero attached hydrogens (tertiary/aromatic N) is 1. The molecule has 0 spiro atoms. The van der Waals surface area contributed by atoms with E-state index in [4.69, 9.17) is 39.5 Å². The minimum atomic E-state index is -1.95. The Kier molecular flexibility index (Phi) is 9.21. The van der Waals surface area contributed by atoms with Gasteiger partial charge in [0.2, 0.25) is 14.8 Å². The van der Waals surface area contributed by atoms with Gasteiger partial charge in [-0.15, -0.1) is 0 Å². The first-order chi connectivity index (χ1) is 15.2. The molecule has 2 rings (SSSR count). The van der Waals surface area contributed by atoms with Crippen LogP contribution in [0.15, 0.2) is 30.3 Å². The van der Waals surface area contributed by atoms with Crippen molar-refractivity contribution in [1.29, 1.82) is 0 Å². The molecule has 8 nitrogen and oxygen atoms in total. The predicted octanol–water partition coefficient (Wildman–Crippen LogP) is 3.56. The smallest absolute Gasteiger partial charge is 0.397 e. The highest BCUT2D eigenvalue weighted by Crippen LogP contribution is 2.40. The molecule has 0 aliphatic carbocycles. The maximum Gasteiger partial charge on any atom is 0.397 e. The van der Waals surface area contributed by atoms with Crippen molar-refractivity contribution < 1.29 is 33.4 Å². The predicted molar refractivity (Wildman–Crippen MR) is 124 cm³/mol. The van der Waals surface area contributed by atoms with Crippen molar-refractivity contribution in [1.82, 2.24) is 4.90 Å². The third-order valence-electron chi connectivity index (χ3n) is 4.51. The number of hydrogen-bond donors (Lipinski definition) is 0. The van der Waals surface area contributed by atoms with Crippen molar-refractivity contribution in [2.75, 3.05) is 13.2 Å². The summed E-state index contributed by atoms with van der Waals surface area (Å²) in [6.45, 7) is 4.01. The van der Waals surface area contributed by atoms with Crippen molar-refractivity contribution in [2.45, 2.75) is 36.4 Å². The number of imide groups is 1. The number of ketones is 1. The number of carbonyl (C=O) groups is 5. The molecule has 12 heteroatoms. The Bertz CT molecular complexity index is 928. The molecule has 2 atom stereocenters. The molecule has 1 aromatic rings. The van der Waals surface area contributed by atoms with E-state index < -0.39 is 50.0 Å². The number of amides is 2. The van der Waals surface area contributed by atoms with Crippen molar-refractivity contribution in [2.24, 2.45) is 11.3 Å². The van der Waals surface area contributed by atoms with Crippen LogP contribution in [0.5, 0.6) is 5.75 Å². The summed E-state index contributed by atoms with van der Waals surface area (Å²) >= 11 is 17.1. The zero-order valence-electron chi connectivity index (χ0n) is 18.0. The van der Waals surface area contributed by atoms with E-state index in [0.29, 0.717) is 22.4 Å². The van der Waals surface area contributed by atoms with E-state index in [-0.39, 0.29) is 18.8 Å². The van der Waals surface area contributed by atoms with Gasteiger partial charge in [0.1, 0.15) is 23.5 Å². The number of benzene rings is 1. The van der Waals surface area contributed by atoms with Crippen molar-refractivity contribution in [3.8, 4) is 5.75 Å². The van der Waals surface area contributed by atoms with Gasteiger partial charge >= 0.3 is 11.9 Å². The third kappa shape index (κ3) is 7.88. The van der Waals surface area contributed by atoms with E-state index in [1.165, 1.54) is 0 Å². The van der Waals surface area contributed by atoms with Gasteiger partial charge in [-0.05, 0) is 12.1 Å². The highest BCUT2D eigenvalue weighted by atomic mass is 35.6. The normalized spacial score (nSPS) is 18.4. The van der Waals surface area contributed by atoms with E-state index in [1.807, 2.05) is 0 Å². The molecule has 0 unspecified atom stereocenters. The Morgan fingerprint density at radius 1 is 1.06 bits per heavy atom. The molecule has 2 amide bonds. The molecule has 1 aliphatic heterocycles. The first kappa shape index (κ1) is 27.4. The van der Waals surface area contributed by atoms with Gasteiger partial charge < -0.3 is 9.47 Å². The van der Waals surface area contributed by atoms with E-state index in [1.54, 1.807) is 51.1 Å². The monoisotopic (exact) mass is 537 g/mol. The molecule has 33 heavy (non-hydrogen) atoms. The number of β-lactam (4-membered cyclic amide) rings is 1. The van der Waals surface area contributed by atoms with Crippen LogP contribution >= 0.6 is 46.6 Å². The number of esters is 1. The largest absolute Gasteiger partial charge is 0.485 e. The number of likely N-dealkylation sites (tertiary alicyclic amines) is 1. The minimum Gasteiger partial charge on any atom is -0.485 e. The third-order valence-corrected chi connectivity index (χ3v) is 6.00. The number of carbonyl (C=O) groups excluding carboxylic acids is 5. The molecule has 0 N–H and O–H groups in total. The zero-order chi connectivity index (χ0) is 25.0. The van der Waals surface area contributed by atoms with Crippen LogP contribution in [0.1, 0.15) is 27.2 Å². The van der Waals surface area contributed by atoms with Crippen LogP contribution in [0.2, 0.25) is 0 Å².